The van der Waals surface area contributed by atoms with Crippen molar-refractivity contribution in [2.75, 3.05) is 20.8 Å². The van der Waals surface area contributed by atoms with Crippen LogP contribution in [0.3, 0.4) is 0 Å². The summed E-state index contributed by atoms with van der Waals surface area (Å²) >= 11 is 0. The third-order valence-corrected chi connectivity index (χ3v) is 3.46. The lowest BCUT2D eigenvalue weighted by Gasteiger charge is -2.20. The molecule has 5 nitrogen and oxygen atoms in total. The lowest BCUT2D eigenvalue weighted by atomic mass is 9.94. The standard InChI is InChI=1S/C14H18O5/c1-4-19-11-9(14(7-8-14)13(15)16)5-6-10(17-2)12(11)18-3/h5-6H,4,7-8H2,1-3H3,(H,15,16). The van der Waals surface area contributed by atoms with Crippen LogP contribution in [-0.4, -0.2) is 31.9 Å². The topological polar surface area (TPSA) is 65.0 Å². The Bertz CT molecular complexity index is 491. The number of benzene rings is 1. The van der Waals surface area contributed by atoms with Crippen molar-refractivity contribution in [3.05, 3.63) is 17.7 Å². The summed E-state index contributed by atoms with van der Waals surface area (Å²) in [5, 5.41) is 9.41. The molecule has 0 spiro atoms. The first kappa shape index (κ1) is 13.5. The van der Waals surface area contributed by atoms with Crippen LogP contribution in [-0.2, 0) is 10.2 Å². The van der Waals surface area contributed by atoms with Gasteiger partial charge in [-0.1, -0.05) is 6.07 Å². The molecular formula is C14H18O5. The van der Waals surface area contributed by atoms with Gasteiger partial charge in [0.25, 0.3) is 0 Å². The van der Waals surface area contributed by atoms with E-state index in [2.05, 4.69) is 0 Å². The molecule has 0 heterocycles. The molecule has 104 valence electrons. The Kier molecular flexibility index (Phi) is 3.55. The quantitative estimate of drug-likeness (QED) is 0.855. The molecule has 0 atom stereocenters. The summed E-state index contributed by atoms with van der Waals surface area (Å²) in [6, 6.07) is 3.48. The summed E-state index contributed by atoms with van der Waals surface area (Å²) in [6.07, 6.45) is 1.25. The number of aliphatic carboxylic acids is 1. The Hall–Kier alpha value is -1.91. The molecule has 1 aromatic rings. The molecule has 1 fully saturated rings. The monoisotopic (exact) mass is 266 g/mol. The van der Waals surface area contributed by atoms with E-state index in [9.17, 15) is 9.90 Å². The average Bonchev–Trinajstić information content (AvgIpc) is 3.19. The van der Waals surface area contributed by atoms with Crippen molar-refractivity contribution in [3.8, 4) is 17.2 Å². The lowest BCUT2D eigenvalue weighted by Crippen LogP contribution is -2.21. The van der Waals surface area contributed by atoms with E-state index in [-0.39, 0.29) is 0 Å². The highest BCUT2D eigenvalue weighted by Crippen LogP contribution is 2.55. The largest absolute Gasteiger partial charge is 0.493 e. The van der Waals surface area contributed by atoms with E-state index in [1.807, 2.05) is 6.92 Å². The summed E-state index contributed by atoms with van der Waals surface area (Å²) in [6.45, 7) is 2.29. The lowest BCUT2D eigenvalue weighted by molar-refractivity contribution is -0.140. The zero-order valence-electron chi connectivity index (χ0n) is 11.4. The fourth-order valence-corrected chi connectivity index (χ4v) is 2.29. The number of carboxylic acid groups (broad SMARTS) is 1. The van der Waals surface area contributed by atoms with E-state index in [0.29, 0.717) is 42.3 Å². The maximum atomic E-state index is 11.5. The molecule has 0 amide bonds. The molecule has 0 aromatic heterocycles. The normalized spacial score (nSPS) is 15.7. The second-order valence-electron chi connectivity index (χ2n) is 4.50. The maximum Gasteiger partial charge on any atom is 0.314 e. The third kappa shape index (κ3) is 2.09. The molecule has 1 aliphatic rings. The first-order valence-corrected chi connectivity index (χ1v) is 6.22. The molecule has 0 saturated heterocycles. The minimum atomic E-state index is -0.829. The summed E-state index contributed by atoms with van der Waals surface area (Å²) in [7, 11) is 3.06. The summed E-state index contributed by atoms with van der Waals surface area (Å²) in [4.78, 5) is 11.5. The Morgan fingerprint density at radius 1 is 1.26 bits per heavy atom. The van der Waals surface area contributed by atoms with E-state index in [1.165, 1.54) is 14.2 Å². The molecule has 0 aliphatic heterocycles. The number of hydrogen-bond acceptors (Lipinski definition) is 4. The first-order chi connectivity index (χ1) is 9.10. The number of methoxy groups -OCH3 is 2. The van der Waals surface area contributed by atoms with Crippen LogP contribution < -0.4 is 14.2 Å². The second kappa shape index (κ2) is 4.99. The maximum absolute atomic E-state index is 11.5. The summed E-state index contributed by atoms with van der Waals surface area (Å²) in [5.74, 6) is 0.648. The zero-order chi connectivity index (χ0) is 14.0. The molecule has 1 aliphatic carbocycles. The van der Waals surface area contributed by atoms with Gasteiger partial charge in [0.15, 0.2) is 11.5 Å². The van der Waals surface area contributed by atoms with Crippen LogP contribution in [0.4, 0.5) is 0 Å². The van der Waals surface area contributed by atoms with Gasteiger partial charge in [0.2, 0.25) is 5.75 Å². The molecule has 0 unspecified atom stereocenters. The van der Waals surface area contributed by atoms with Crippen LogP contribution in [0, 0.1) is 0 Å². The Balaban J connectivity index is 2.58. The fourth-order valence-electron chi connectivity index (χ4n) is 2.29. The molecule has 2 rings (SSSR count). The minimum Gasteiger partial charge on any atom is -0.493 e. The Morgan fingerprint density at radius 2 is 1.95 bits per heavy atom. The number of carboxylic acids is 1. The highest BCUT2D eigenvalue weighted by atomic mass is 16.5. The van der Waals surface area contributed by atoms with Gasteiger partial charge >= 0.3 is 5.97 Å². The SMILES string of the molecule is CCOc1c(C2(C(=O)O)CC2)ccc(OC)c1OC. The second-order valence-corrected chi connectivity index (χ2v) is 4.50. The van der Waals surface area contributed by atoms with Crippen LogP contribution >= 0.6 is 0 Å². The first-order valence-electron chi connectivity index (χ1n) is 6.22. The number of carbonyl (C=O) groups is 1. The number of ether oxygens (including phenoxy) is 3. The van der Waals surface area contributed by atoms with E-state index in [0.717, 1.165) is 0 Å². The van der Waals surface area contributed by atoms with Crippen LogP contribution in [0.15, 0.2) is 12.1 Å². The minimum absolute atomic E-state index is 0.437. The van der Waals surface area contributed by atoms with Crippen molar-refractivity contribution in [3.63, 3.8) is 0 Å². The van der Waals surface area contributed by atoms with Crippen molar-refractivity contribution in [2.45, 2.75) is 25.2 Å². The van der Waals surface area contributed by atoms with Crippen molar-refractivity contribution in [2.24, 2.45) is 0 Å². The zero-order valence-corrected chi connectivity index (χ0v) is 11.4. The molecule has 0 bridgehead atoms. The van der Waals surface area contributed by atoms with Crippen LogP contribution in [0.1, 0.15) is 25.3 Å². The average molecular weight is 266 g/mol. The molecule has 1 aromatic carbocycles. The fraction of sp³-hybridized carbons (Fsp3) is 0.500. The van der Waals surface area contributed by atoms with Gasteiger partial charge in [-0.05, 0) is 25.8 Å². The van der Waals surface area contributed by atoms with Gasteiger partial charge in [-0.25, -0.2) is 0 Å². The predicted octanol–water partition coefficient (Wildman–Crippen LogP) is 2.22. The molecule has 19 heavy (non-hydrogen) atoms. The number of hydrogen-bond donors (Lipinski definition) is 1. The Morgan fingerprint density at radius 3 is 2.37 bits per heavy atom. The van der Waals surface area contributed by atoms with E-state index in [4.69, 9.17) is 14.2 Å². The smallest absolute Gasteiger partial charge is 0.314 e. The summed E-state index contributed by atoms with van der Waals surface area (Å²) in [5.41, 5.74) is -0.163. The van der Waals surface area contributed by atoms with Crippen LogP contribution in [0.25, 0.3) is 0 Å². The van der Waals surface area contributed by atoms with Crippen molar-refractivity contribution < 1.29 is 24.1 Å². The van der Waals surface area contributed by atoms with E-state index >= 15 is 0 Å². The highest BCUT2D eigenvalue weighted by Gasteiger charge is 2.54. The number of rotatable bonds is 6. The molecular weight excluding hydrogens is 248 g/mol. The van der Waals surface area contributed by atoms with Gasteiger partial charge in [0.1, 0.15) is 0 Å². The summed E-state index contributed by atoms with van der Waals surface area (Å²) < 4.78 is 16.1. The van der Waals surface area contributed by atoms with Gasteiger partial charge in [-0.15, -0.1) is 0 Å². The van der Waals surface area contributed by atoms with E-state index in [1.54, 1.807) is 12.1 Å². The van der Waals surface area contributed by atoms with Crippen molar-refractivity contribution in [1.82, 2.24) is 0 Å². The molecule has 0 radical (unpaired) electrons. The van der Waals surface area contributed by atoms with Gasteiger partial charge < -0.3 is 19.3 Å². The molecule has 1 N–H and O–H groups in total. The predicted molar refractivity (Wildman–Crippen MR) is 69.3 cm³/mol. The van der Waals surface area contributed by atoms with Crippen molar-refractivity contribution >= 4 is 5.97 Å². The van der Waals surface area contributed by atoms with Gasteiger partial charge in [0, 0.05) is 5.56 Å². The van der Waals surface area contributed by atoms with Crippen LogP contribution in [0.2, 0.25) is 0 Å². The molecule has 5 heteroatoms. The van der Waals surface area contributed by atoms with Crippen LogP contribution in [0.5, 0.6) is 17.2 Å². The van der Waals surface area contributed by atoms with Gasteiger partial charge in [-0.3, -0.25) is 4.79 Å². The Labute approximate surface area is 112 Å². The highest BCUT2D eigenvalue weighted by molar-refractivity contribution is 5.86. The molecule has 1 saturated carbocycles. The van der Waals surface area contributed by atoms with Gasteiger partial charge in [-0.2, -0.15) is 0 Å². The van der Waals surface area contributed by atoms with Crippen molar-refractivity contribution in [1.29, 1.82) is 0 Å². The third-order valence-electron chi connectivity index (χ3n) is 3.46. The van der Waals surface area contributed by atoms with Gasteiger partial charge in [0.05, 0.1) is 26.2 Å². The van der Waals surface area contributed by atoms with E-state index < -0.39 is 11.4 Å².